The summed E-state index contributed by atoms with van der Waals surface area (Å²) in [5.41, 5.74) is 13.3. The third-order valence-corrected chi connectivity index (χ3v) is 7.30. The van der Waals surface area contributed by atoms with Crippen molar-refractivity contribution in [3.63, 3.8) is 0 Å². The quantitative estimate of drug-likeness (QED) is 0.0856. The molecule has 1 aliphatic heterocycles. The van der Waals surface area contributed by atoms with Crippen molar-refractivity contribution >= 4 is 0 Å². The maximum atomic E-state index is 9.19. The van der Waals surface area contributed by atoms with E-state index in [1.165, 1.54) is 0 Å². The lowest BCUT2D eigenvalue weighted by Crippen LogP contribution is -2.61. The van der Waals surface area contributed by atoms with Crippen LogP contribution in [0.2, 0.25) is 0 Å². The van der Waals surface area contributed by atoms with E-state index in [0.29, 0.717) is 26.4 Å². The monoisotopic (exact) mass is 579 g/mol. The van der Waals surface area contributed by atoms with E-state index in [-0.39, 0.29) is 13.2 Å². The fraction of sp³-hybridized carbons (Fsp3) is 0.314. The molecule has 0 bridgehead atoms. The van der Waals surface area contributed by atoms with E-state index in [1.807, 2.05) is 121 Å². The molecule has 1 aliphatic rings. The van der Waals surface area contributed by atoms with Gasteiger partial charge in [-0.3, -0.25) is 0 Å². The molecule has 1 heterocycles. The highest BCUT2D eigenvalue weighted by molar-refractivity contribution is 5.16. The lowest BCUT2D eigenvalue weighted by Gasteiger charge is -2.46. The van der Waals surface area contributed by atoms with E-state index in [1.54, 1.807) is 0 Å². The molecule has 0 aromatic heterocycles. The molecule has 8 nitrogen and oxygen atoms in total. The Bertz CT molecular complexity index is 1390. The molecule has 1 saturated heterocycles. The molecule has 0 unspecified atom stereocenters. The van der Waals surface area contributed by atoms with Crippen LogP contribution >= 0.6 is 0 Å². The van der Waals surface area contributed by atoms with Crippen LogP contribution in [0.1, 0.15) is 22.3 Å². The van der Waals surface area contributed by atoms with Crippen LogP contribution in [0.5, 0.6) is 0 Å². The maximum Gasteiger partial charge on any atom is 0.115 e. The van der Waals surface area contributed by atoms with Gasteiger partial charge in [0, 0.05) is 4.91 Å². The summed E-state index contributed by atoms with van der Waals surface area (Å²) in [6.07, 6.45) is -2.69. The molecular weight excluding hydrogens is 542 g/mol. The Morgan fingerprint density at radius 2 is 0.930 bits per heavy atom. The molecule has 0 N–H and O–H groups in total. The van der Waals surface area contributed by atoms with Gasteiger partial charge in [-0.05, 0) is 27.8 Å². The lowest BCUT2D eigenvalue weighted by molar-refractivity contribution is -0.270. The van der Waals surface area contributed by atoms with E-state index < -0.39 is 30.5 Å². The van der Waals surface area contributed by atoms with Crippen molar-refractivity contribution in [3.05, 3.63) is 154 Å². The molecule has 0 saturated carbocycles. The summed E-state index contributed by atoms with van der Waals surface area (Å²) in [6, 6.07) is 39.9. The summed E-state index contributed by atoms with van der Waals surface area (Å²) >= 11 is 0. The number of hydrogen-bond donors (Lipinski definition) is 0. The summed E-state index contributed by atoms with van der Waals surface area (Å²) in [7, 11) is 0. The molecule has 5 rings (SSSR count). The SMILES string of the molecule is [N-]=[N+]=NC[C@@H]1O[C@H](COCc2ccccc2)[C@H](OCc2ccccc2)[C@H](OCc2ccccc2)[C@H]1OCc1ccccc1. The summed E-state index contributed by atoms with van der Waals surface area (Å²) < 4.78 is 32.5. The predicted octanol–water partition coefficient (Wildman–Crippen LogP) is 7.04. The van der Waals surface area contributed by atoms with Gasteiger partial charge in [0.1, 0.15) is 24.4 Å². The minimum Gasteiger partial charge on any atom is -0.374 e. The molecule has 0 spiro atoms. The molecule has 4 aromatic rings. The first-order valence-electron chi connectivity index (χ1n) is 14.5. The molecule has 43 heavy (non-hydrogen) atoms. The van der Waals surface area contributed by atoms with Gasteiger partial charge in [0.2, 0.25) is 0 Å². The van der Waals surface area contributed by atoms with E-state index >= 15 is 0 Å². The molecule has 222 valence electrons. The normalized spacial score (nSPS) is 21.6. The predicted molar refractivity (Wildman–Crippen MR) is 164 cm³/mol. The van der Waals surface area contributed by atoms with Gasteiger partial charge in [0.25, 0.3) is 0 Å². The molecule has 8 heteroatoms. The first kappa shape index (κ1) is 30.4. The highest BCUT2D eigenvalue weighted by Gasteiger charge is 2.48. The van der Waals surface area contributed by atoms with E-state index in [4.69, 9.17) is 23.7 Å². The Labute approximate surface area is 252 Å². The van der Waals surface area contributed by atoms with Crippen LogP contribution < -0.4 is 0 Å². The highest BCUT2D eigenvalue weighted by Crippen LogP contribution is 2.31. The van der Waals surface area contributed by atoms with Gasteiger partial charge in [0.15, 0.2) is 0 Å². The molecule has 5 atom stereocenters. The van der Waals surface area contributed by atoms with Crippen molar-refractivity contribution in [2.24, 2.45) is 5.11 Å². The van der Waals surface area contributed by atoms with Crippen LogP contribution in [0.25, 0.3) is 10.4 Å². The lowest BCUT2D eigenvalue weighted by atomic mass is 9.94. The van der Waals surface area contributed by atoms with E-state index in [2.05, 4.69) is 10.0 Å². The standard InChI is InChI=1S/C35H37N3O5/c36-38-37-21-31-33(40-23-28-15-7-2-8-16-28)35(42-25-30-19-11-4-12-20-30)34(41-24-29-17-9-3-10-18-29)32(43-31)26-39-22-27-13-5-1-6-14-27/h1-20,31-35H,21-26H2/t31-,32+,33-,34-,35+/m0/s1. The third-order valence-electron chi connectivity index (χ3n) is 7.30. The van der Waals surface area contributed by atoms with Crippen LogP contribution in [0, 0.1) is 0 Å². The highest BCUT2D eigenvalue weighted by atomic mass is 16.6. The second-order valence-electron chi connectivity index (χ2n) is 10.4. The number of hydrogen-bond acceptors (Lipinski definition) is 6. The molecule has 1 fully saturated rings. The topological polar surface area (TPSA) is 94.9 Å². The first-order valence-corrected chi connectivity index (χ1v) is 14.5. The van der Waals surface area contributed by atoms with Crippen molar-refractivity contribution < 1.29 is 23.7 Å². The Kier molecular flexibility index (Phi) is 11.7. The molecule has 0 radical (unpaired) electrons. The Balaban J connectivity index is 1.42. The zero-order chi connectivity index (χ0) is 29.5. The van der Waals surface area contributed by atoms with Crippen molar-refractivity contribution in [1.29, 1.82) is 0 Å². The van der Waals surface area contributed by atoms with Crippen LogP contribution in [0.15, 0.2) is 126 Å². The smallest absolute Gasteiger partial charge is 0.115 e. The fourth-order valence-corrected chi connectivity index (χ4v) is 5.15. The summed E-state index contributed by atoms with van der Waals surface area (Å²) in [4.78, 5) is 3.01. The Morgan fingerprint density at radius 1 is 0.535 bits per heavy atom. The van der Waals surface area contributed by atoms with Gasteiger partial charge in [0.05, 0.1) is 45.7 Å². The number of nitrogens with zero attached hydrogens (tertiary/aromatic N) is 3. The second-order valence-corrected chi connectivity index (χ2v) is 10.4. The average molecular weight is 580 g/mol. The van der Waals surface area contributed by atoms with Crippen molar-refractivity contribution in [2.75, 3.05) is 13.2 Å². The Morgan fingerprint density at radius 3 is 1.37 bits per heavy atom. The number of rotatable bonds is 15. The summed E-state index contributed by atoms with van der Waals surface area (Å²) in [5.74, 6) is 0. The van der Waals surface area contributed by atoms with Gasteiger partial charge in [-0.1, -0.05) is 126 Å². The average Bonchev–Trinajstić information content (AvgIpc) is 3.07. The number of benzene rings is 4. The Hall–Kier alpha value is -4.01. The summed E-state index contributed by atoms with van der Waals surface area (Å²) in [6.45, 7) is 1.83. The van der Waals surface area contributed by atoms with Crippen LogP contribution in [-0.4, -0.2) is 43.7 Å². The second kappa shape index (κ2) is 16.6. The van der Waals surface area contributed by atoms with E-state index in [9.17, 15) is 5.53 Å². The minimum atomic E-state index is -0.569. The maximum absolute atomic E-state index is 9.19. The van der Waals surface area contributed by atoms with Crippen LogP contribution in [-0.2, 0) is 50.1 Å². The van der Waals surface area contributed by atoms with Crippen LogP contribution in [0.3, 0.4) is 0 Å². The third kappa shape index (κ3) is 9.24. The van der Waals surface area contributed by atoms with Gasteiger partial charge in [-0.2, -0.15) is 0 Å². The van der Waals surface area contributed by atoms with Crippen molar-refractivity contribution in [1.82, 2.24) is 0 Å². The zero-order valence-electron chi connectivity index (χ0n) is 24.1. The first-order chi connectivity index (χ1) is 21.3. The van der Waals surface area contributed by atoms with Gasteiger partial charge in [-0.25, -0.2) is 0 Å². The zero-order valence-corrected chi connectivity index (χ0v) is 24.1. The van der Waals surface area contributed by atoms with Crippen molar-refractivity contribution in [3.8, 4) is 0 Å². The molecular formula is C35H37N3O5. The molecule has 0 aliphatic carbocycles. The van der Waals surface area contributed by atoms with Gasteiger partial charge < -0.3 is 23.7 Å². The molecule has 0 amide bonds. The largest absolute Gasteiger partial charge is 0.374 e. The van der Waals surface area contributed by atoms with Crippen molar-refractivity contribution in [2.45, 2.75) is 56.9 Å². The number of ether oxygens (including phenoxy) is 5. The minimum absolute atomic E-state index is 0.0851. The molecule has 4 aromatic carbocycles. The van der Waals surface area contributed by atoms with Crippen LogP contribution in [0.4, 0.5) is 0 Å². The van der Waals surface area contributed by atoms with Gasteiger partial charge >= 0.3 is 0 Å². The van der Waals surface area contributed by atoms with Gasteiger partial charge in [-0.15, -0.1) is 0 Å². The fourth-order valence-electron chi connectivity index (χ4n) is 5.15. The summed E-state index contributed by atoms with van der Waals surface area (Å²) in [5, 5.41) is 3.87. The number of azide groups is 1. The van der Waals surface area contributed by atoms with E-state index in [0.717, 1.165) is 22.3 Å².